The molecule has 0 spiro atoms. The zero-order chi connectivity index (χ0) is 13.1. The van der Waals surface area contributed by atoms with E-state index in [0.717, 1.165) is 6.42 Å². The molecule has 17 heavy (non-hydrogen) atoms. The van der Waals surface area contributed by atoms with E-state index < -0.39 is 4.92 Å². The maximum absolute atomic E-state index is 10.9. The van der Waals surface area contributed by atoms with E-state index in [-0.39, 0.29) is 11.2 Å². The largest absolute Gasteiger partial charge is 0.375 e. The summed E-state index contributed by atoms with van der Waals surface area (Å²) >= 11 is 0. The van der Waals surface area contributed by atoms with Crippen molar-refractivity contribution in [3.63, 3.8) is 0 Å². The molecule has 0 atom stereocenters. The van der Waals surface area contributed by atoms with Gasteiger partial charge < -0.3 is 5.32 Å². The summed E-state index contributed by atoms with van der Waals surface area (Å²) in [5.41, 5.74) is 0.438. The first-order valence-electron chi connectivity index (χ1n) is 5.41. The van der Waals surface area contributed by atoms with Crippen LogP contribution in [0.1, 0.15) is 37.6 Å². The molecule has 1 aromatic rings. The normalized spacial score (nSPS) is 11.0. The van der Waals surface area contributed by atoms with Gasteiger partial charge in [-0.1, -0.05) is 6.92 Å². The summed E-state index contributed by atoms with van der Waals surface area (Å²) in [5, 5.41) is 14.0. The van der Waals surface area contributed by atoms with Gasteiger partial charge in [-0.25, -0.2) is 0 Å². The van der Waals surface area contributed by atoms with Crippen molar-refractivity contribution < 1.29 is 9.72 Å². The van der Waals surface area contributed by atoms with Gasteiger partial charge in [0.25, 0.3) is 5.69 Å². The van der Waals surface area contributed by atoms with E-state index in [9.17, 15) is 14.9 Å². The molecule has 0 aliphatic rings. The van der Waals surface area contributed by atoms with Crippen molar-refractivity contribution in [2.75, 3.05) is 5.32 Å². The number of nitrogens with one attached hydrogen (secondary N) is 1. The molecule has 1 N–H and O–H groups in total. The summed E-state index contributed by atoms with van der Waals surface area (Å²) in [7, 11) is 0. The van der Waals surface area contributed by atoms with E-state index >= 15 is 0 Å². The minimum atomic E-state index is -0.485. The van der Waals surface area contributed by atoms with Gasteiger partial charge in [0.05, 0.1) is 4.92 Å². The molecule has 0 unspecified atom stereocenters. The van der Waals surface area contributed by atoms with Crippen molar-refractivity contribution in [3.05, 3.63) is 33.9 Å². The van der Waals surface area contributed by atoms with E-state index in [1.54, 1.807) is 12.1 Å². The lowest BCUT2D eigenvalue weighted by Crippen LogP contribution is -2.29. The molecule has 0 aromatic heterocycles. The fourth-order valence-electron chi connectivity index (χ4n) is 1.33. The number of anilines is 1. The van der Waals surface area contributed by atoms with E-state index in [0.29, 0.717) is 17.5 Å². The molecule has 5 heteroatoms. The molecule has 1 rings (SSSR count). The molecule has 0 bridgehead atoms. The molecule has 0 aliphatic heterocycles. The van der Waals surface area contributed by atoms with Crippen LogP contribution in [0, 0.1) is 10.1 Å². The smallest absolute Gasteiger partial charge is 0.293 e. The van der Waals surface area contributed by atoms with E-state index in [2.05, 4.69) is 5.32 Å². The standard InChI is InChI=1S/C12H16N2O3/c1-4-12(2,3)13-10-6-5-9(8-15)7-11(10)14(16)17/h5-8,13H,4H2,1-3H3. The quantitative estimate of drug-likeness (QED) is 0.484. The molecule has 0 saturated carbocycles. The molecule has 0 fully saturated rings. The van der Waals surface area contributed by atoms with Crippen molar-refractivity contribution in [2.24, 2.45) is 0 Å². The molecule has 0 radical (unpaired) electrons. The molecule has 5 nitrogen and oxygen atoms in total. The molecule has 92 valence electrons. The molecule has 0 amide bonds. The van der Waals surface area contributed by atoms with Crippen LogP contribution < -0.4 is 5.32 Å². The number of carbonyl (C=O) groups is 1. The Morgan fingerprint density at radius 3 is 2.59 bits per heavy atom. The van der Waals surface area contributed by atoms with Crippen molar-refractivity contribution in [1.82, 2.24) is 0 Å². The highest BCUT2D eigenvalue weighted by molar-refractivity contribution is 5.79. The average molecular weight is 236 g/mol. The highest BCUT2D eigenvalue weighted by atomic mass is 16.6. The first-order chi connectivity index (χ1) is 7.89. The van der Waals surface area contributed by atoms with E-state index in [4.69, 9.17) is 0 Å². The lowest BCUT2D eigenvalue weighted by atomic mass is 10.0. The highest BCUT2D eigenvalue weighted by Crippen LogP contribution is 2.28. The summed E-state index contributed by atoms with van der Waals surface area (Å²) in [6.07, 6.45) is 1.43. The van der Waals surface area contributed by atoms with Crippen LogP contribution in [0.4, 0.5) is 11.4 Å². The van der Waals surface area contributed by atoms with Crippen LogP contribution >= 0.6 is 0 Å². The van der Waals surface area contributed by atoms with Crippen LogP contribution in [-0.2, 0) is 0 Å². The van der Waals surface area contributed by atoms with Gasteiger partial charge in [-0.3, -0.25) is 14.9 Å². The Hall–Kier alpha value is -1.91. The minimum Gasteiger partial charge on any atom is -0.375 e. The van der Waals surface area contributed by atoms with Crippen molar-refractivity contribution in [3.8, 4) is 0 Å². The molecule has 0 heterocycles. The van der Waals surface area contributed by atoms with Gasteiger partial charge in [-0.05, 0) is 32.4 Å². The van der Waals surface area contributed by atoms with Gasteiger partial charge in [0.2, 0.25) is 0 Å². The van der Waals surface area contributed by atoms with Gasteiger partial charge in [0.15, 0.2) is 0 Å². The summed E-state index contributed by atoms with van der Waals surface area (Å²) in [5.74, 6) is 0. The van der Waals surface area contributed by atoms with Crippen LogP contribution in [0.2, 0.25) is 0 Å². The van der Waals surface area contributed by atoms with Crippen molar-refractivity contribution in [2.45, 2.75) is 32.7 Å². The van der Waals surface area contributed by atoms with Gasteiger partial charge >= 0.3 is 0 Å². The molecular weight excluding hydrogens is 220 g/mol. The summed E-state index contributed by atoms with van der Waals surface area (Å²) in [4.78, 5) is 21.0. The monoisotopic (exact) mass is 236 g/mol. The van der Waals surface area contributed by atoms with Gasteiger partial charge in [-0.2, -0.15) is 0 Å². The molecular formula is C12H16N2O3. The number of nitro benzene ring substituents is 1. The summed E-state index contributed by atoms with van der Waals surface area (Å²) in [6.45, 7) is 5.92. The zero-order valence-corrected chi connectivity index (χ0v) is 10.2. The second-order valence-corrected chi connectivity index (χ2v) is 4.51. The Balaban J connectivity index is 3.15. The predicted octanol–water partition coefficient (Wildman–Crippen LogP) is 3.01. The maximum atomic E-state index is 10.9. The number of nitro groups is 1. The van der Waals surface area contributed by atoms with Gasteiger partial charge in [0.1, 0.15) is 12.0 Å². The SMILES string of the molecule is CCC(C)(C)Nc1ccc(C=O)cc1[N+](=O)[O-]. The Labute approximate surface area is 100.0 Å². The van der Waals surface area contributed by atoms with Crippen LogP contribution in [-0.4, -0.2) is 16.7 Å². The van der Waals surface area contributed by atoms with Crippen LogP contribution in [0.15, 0.2) is 18.2 Å². The number of benzene rings is 1. The summed E-state index contributed by atoms with van der Waals surface area (Å²) in [6, 6.07) is 4.41. The Bertz CT molecular complexity index is 441. The average Bonchev–Trinajstić information content (AvgIpc) is 2.29. The lowest BCUT2D eigenvalue weighted by Gasteiger charge is -2.25. The number of hydrogen-bond acceptors (Lipinski definition) is 4. The first kappa shape index (κ1) is 13.2. The third-order valence-electron chi connectivity index (χ3n) is 2.71. The van der Waals surface area contributed by atoms with Gasteiger partial charge in [-0.15, -0.1) is 0 Å². The van der Waals surface area contributed by atoms with Gasteiger partial charge in [0, 0.05) is 17.2 Å². The first-order valence-corrected chi connectivity index (χ1v) is 5.41. The van der Waals surface area contributed by atoms with Crippen LogP contribution in [0.3, 0.4) is 0 Å². The number of aldehydes is 1. The Morgan fingerprint density at radius 2 is 2.12 bits per heavy atom. The number of nitrogens with zero attached hydrogens (tertiary/aromatic N) is 1. The maximum Gasteiger partial charge on any atom is 0.293 e. The molecule has 1 aromatic carbocycles. The Morgan fingerprint density at radius 1 is 1.47 bits per heavy atom. The Kier molecular flexibility index (Phi) is 3.83. The van der Waals surface area contributed by atoms with Crippen LogP contribution in [0.5, 0.6) is 0 Å². The minimum absolute atomic E-state index is 0.0730. The fourth-order valence-corrected chi connectivity index (χ4v) is 1.33. The third kappa shape index (κ3) is 3.27. The van der Waals surface area contributed by atoms with E-state index in [1.165, 1.54) is 6.07 Å². The van der Waals surface area contributed by atoms with Crippen LogP contribution in [0.25, 0.3) is 0 Å². The second kappa shape index (κ2) is 4.95. The fraction of sp³-hybridized carbons (Fsp3) is 0.417. The van der Waals surface area contributed by atoms with E-state index in [1.807, 2.05) is 20.8 Å². The number of carbonyl (C=O) groups excluding carboxylic acids is 1. The van der Waals surface area contributed by atoms with Crippen molar-refractivity contribution in [1.29, 1.82) is 0 Å². The molecule has 0 aliphatic carbocycles. The topological polar surface area (TPSA) is 72.2 Å². The number of hydrogen-bond donors (Lipinski definition) is 1. The zero-order valence-electron chi connectivity index (χ0n) is 10.2. The molecule has 0 saturated heterocycles. The predicted molar refractivity (Wildman–Crippen MR) is 66.5 cm³/mol. The number of rotatable bonds is 5. The highest BCUT2D eigenvalue weighted by Gasteiger charge is 2.21. The summed E-state index contributed by atoms with van der Waals surface area (Å²) < 4.78 is 0. The second-order valence-electron chi connectivity index (χ2n) is 4.51. The van der Waals surface area contributed by atoms with Crippen molar-refractivity contribution >= 4 is 17.7 Å². The lowest BCUT2D eigenvalue weighted by molar-refractivity contribution is -0.384. The third-order valence-corrected chi connectivity index (χ3v) is 2.71.